The lowest BCUT2D eigenvalue weighted by atomic mass is 10.3. The number of aromatic nitrogens is 1. The van der Waals surface area contributed by atoms with Crippen molar-refractivity contribution in [2.45, 2.75) is 13.5 Å². The molecule has 1 N–H and O–H groups in total. The maximum Gasteiger partial charge on any atom is 0.303 e. The van der Waals surface area contributed by atoms with Crippen molar-refractivity contribution in [2.24, 2.45) is 0 Å². The van der Waals surface area contributed by atoms with E-state index in [-0.39, 0.29) is 18.3 Å². The van der Waals surface area contributed by atoms with Crippen LogP contribution >= 0.6 is 0 Å². The lowest BCUT2D eigenvalue weighted by Crippen LogP contribution is -2.00. The molecule has 1 aromatic heterocycles. The molecule has 4 heteroatoms. The summed E-state index contributed by atoms with van der Waals surface area (Å²) in [7, 11) is 0. The molecule has 0 aliphatic rings. The fraction of sp³-hybridized carbons (Fsp3) is 0.250. The Balaban J connectivity index is 2.63. The van der Waals surface area contributed by atoms with E-state index in [2.05, 4.69) is 9.72 Å². The third-order valence-electron chi connectivity index (χ3n) is 1.28. The van der Waals surface area contributed by atoms with E-state index < -0.39 is 0 Å². The number of carbonyl (C=O) groups is 1. The van der Waals surface area contributed by atoms with E-state index in [0.717, 1.165) is 0 Å². The van der Waals surface area contributed by atoms with Gasteiger partial charge in [-0.1, -0.05) is 0 Å². The second kappa shape index (κ2) is 3.71. The Morgan fingerprint density at radius 3 is 3.08 bits per heavy atom. The number of pyridine rings is 1. The molecule has 0 saturated heterocycles. The number of rotatable bonds is 2. The van der Waals surface area contributed by atoms with E-state index in [1.54, 1.807) is 6.07 Å². The summed E-state index contributed by atoms with van der Waals surface area (Å²) in [6.07, 6.45) is 1.53. The van der Waals surface area contributed by atoms with Crippen LogP contribution in [0.3, 0.4) is 0 Å². The summed E-state index contributed by atoms with van der Waals surface area (Å²) in [5.41, 5.74) is 0.368. The first-order chi connectivity index (χ1) is 5.70. The minimum absolute atomic E-state index is 0.0159. The van der Waals surface area contributed by atoms with Gasteiger partial charge in [0.05, 0.1) is 0 Å². The number of esters is 1. The summed E-state index contributed by atoms with van der Waals surface area (Å²) in [5.74, 6) is -0.348. The van der Waals surface area contributed by atoms with Crippen LogP contribution in [-0.2, 0) is 16.1 Å². The first-order valence-corrected chi connectivity index (χ1v) is 3.46. The summed E-state index contributed by atoms with van der Waals surface area (Å²) in [4.78, 5) is 14.2. The Labute approximate surface area is 69.8 Å². The Bertz CT molecular complexity index is 285. The molecule has 0 spiro atoms. The molecule has 0 amide bonds. The van der Waals surface area contributed by atoms with Crippen LogP contribution in [-0.4, -0.2) is 16.1 Å². The summed E-state index contributed by atoms with van der Waals surface area (Å²) in [6.45, 7) is 1.32. The van der Waals surface area contributed by atoms with Gasteiger partial charge in [-0.3, -0.25) is 9.78 Å². The van der Waals surface area contributed by atoms with E-state index >= 15 is 0 Å². The normalized spacial score (nSPS) is 9.42. The van der Waals surface area contributed by atoms with Crippen LogP contribution in [0.25, 0.3) is 0 Å². The van der Waals surface area contributed by atoms with Crippen LogP contribution in [0.5, 0.6) is 5.75 Å². The molecule has 1 rings (SSSR count). The maximum absolute atomic E-state index is 10.4. The van der Waals surface area contributed by atoms with Gasteiger partial charge >= 0.3 is 5.97 Å². The topological polar surface area (TPSA) is 59.4 Å². The van der Waals surface area contributed by atoms with Gasteiger partial charge in [-0.25, -0.2) is 0 Å². The van der Waals surface area contributed by atoms with Gasteiger partial charge in [-0.05, 0) is 12.1 Å². The molecule has 1 aromatic rings. The SMILES string of the molecule is CC(=O)OCc1ncccc1O. The molecule has 0 aliphatic carbocycles. The number of hydrogen-bond donors (Lipinski definition) is 1. The van der Waals surface area contributed by atoms with Gasteiger partial charge in [0.15, 0.2) is 0 Å². The van der Waals surface area contributed by atoms with Crippen LogP contribution in [0.4, 0.5) is 0 Å². The first-order valence-electron chi connectivity index (χ1n) is 3.46. The van der Waals surface area contributed by atoms with Crippen molar-refractivity contribution in [3.63, 3.8) is 0 Å². The van der Waals surface area contributed by atoms with Crippen LogP contribution in [0.1, 0.15) is 12.6 Å². The Morgan fingerprint density at radius 2 is 2.50 bits per heavy atom. The smallest absolute Gasteiger partial charge is 0.303 e. The number of hydrogen-bond acceptors (Lipinski definition) is 4. The van der Waals surface area contributed by atoms with Crippen molar-refractivity contribution in [2.75, 3.05) is 0 Å². The zero-order valence-electron chi connectivity index (χ0n) is 6.65. The van der Waals surface area contributed by atoms with Gasteiger partial charge in [0.2, 0.25) is 0 Å². The molecule has 64 valence electrons. The Morgan fingerprint density at radius 1 is 1.75 bits per heavy atom. The fourth-order valence-corrected chi connectivity index (χ4v) is 0.711. The number of carbonyl (C=O) groups excluding carboxylic acids is 1. The molecule has 4 nitrogen and oxygen atoms in total. The average molecular weight is 167 g/mol. The third kappa shape index (κ3) is 2.23. The highest BCUT2D eigenvalue weighted by Crippen LogP contribution is 2.12. The zero-order chi connectivity index (χ0) is 8.97. The van der Waals surface area contributed by atoms with Crippen molar-refractivity contribution in [1.29, 1.82) is 0 Å². The van der Waals surface area contributed by atoms with Crippen LogP contribution in [0.15, 0.2) is 18.3 Å². The highest BCUT2D eigenvalue weighted by atomic mass is 16.5. The predicted molar refractivity (Wildman–Crippen MR) is 41.4 cm³/mol. The summed E-state index contributed by atoms with van der Waals surface area (Å²) in [6, 6.07) is 3.10. The van der Waals surface area contributed by atoms with E-state index in [1.807, 2.05) is 0 Å². The molecular formula is C8H9NO3. The molecule has 0 aromatic carbocycles. The largest absolute Gasteiger partial charge is 0.506 e. The quantitative estimate of drug-likeness (QED) is 0.663. The molecular weight excluding hydrogens is 158 g/mol. The van der Waals surface area contributed by atoms with Gasteiger partial charge in [0.1, 0.15) is 18.1 Å². The van der Waals surface area contributed by atoms with Gasteiger partial charge in [0, 0.05) is 13.1 Å². The number of ether oxygens (including phenoxy) is 1. The van der Waals surface area contributed by atoms with Crippen molar-refractivity contribution < 1.29 is 14.6 Å². The van der Waals surface area contributed by atoms with E-state index in [1.165, 1.54) is 19.2 Å². The lowest BCUT2D eigenvalue weighted by molar-refractivity contribution is -0.142. The lowest BCUT2D eigenvalue weighted by Gasteiger charge is -2.02. The van der Waals surface area contributed by atoms with Crippen molar-refractivity contribution >= 4 is 5.97 Å². The summed E-state index contributed by atoms with van der Waals surface area (Å²) < 4.78 is 4.65. The Hall–Kier alpha value is -1.58. The van der Waals surface area contributed by atoms with Crippen molar-refractivity contribution in [1.82, 2.24) is 4.98 Å². The van der Waals surface area contributed by atoms with Crippen LogP contribution in [0, 0.1) is 0 Å². The van der Waals surface area contributed by atoms with Crippen LogP contribution < -0.4 is 0 Å². The predicted octanol–water partition coefficient (Wildman–Crippen LogP) is 0.850. The zero-order valence-corrected chi connectivity index (χ0v) is 6.65. The maximum atomic E-state index is 10.4. The molecule has 0 bridgehead atoms. The second-order valence-corrected chi connectivity index (χ2v) is 2.25. The van der Waals surface area contributed by atoms with Gasteiger partial charge < -0.3 is 9.84 Å². The van der Waals surface area contributed by atoms with Crippen molar-refractivity contribution in [3.05, 3.63) is 24.0 Å². The molecule has 12 heavy (non-hydrogen) atoms. The second-order valence-electron chi connectivity index (χ2n) is 2.25. The standard InChI is InChI=1S/C8H9NO3/c1-6(10)12-5-7-8(11)3-2-4-9-7/h2-4,11H,5H2,1H3. The molecule has 0 saturated carbocycles. The minimum Gasteiger partial charge on any atom is -0.506 e. The monoisotopic (exact) mass is 167 g/mol. The van der Waals surface area contributed by atoms with Crippen molar-refractivity contribution in [3.8, 4) is 5.75 Å². The van der Waals surface area contributed by atoms with Gasteiger partial charge in [0.25, 0.3) is 0 Å². The molecule has 0 fully saturated rings. The van der Waals surface area contributed by atoms with E-state index in [4.69, 9.17) is 5.11 Å². The number of aromatic hydroxyl groups is 1. The molecule has 0 unspecified atom stereocenters. The van der Waals surface area contributed by atoms with Crippen LogP contribution in [0.2, 0.25) is 0 Å². The first kappa shape index (κ1) is 8.52. The van der Waals surface area contributed by atoms with E-state index in [0.29, 0.717) is 5.69 Å². The average Bonchev–Trinajstić information content (AvgIpc) is 2.03. The molecule has 0 atom stereocenters. The highest BCUT2D eigenvalue weighted by Gasteiger charge is 2.02. The summed E-state index contributed by atoms with van der Waals surface area (Å²) >= 11 is 0. The number of nitrogens with zero attached hydrogens (tertiary/aromatic N) is 1. The van der Waals surface area contributed by atoms with E-state index in [9.17, 15) is 4.79 Å². The third-order valence-corrected chi connectivity index (χ3v) is 1.28. The minimum atomic E-state index is -0.389. The van der Waals surface area contributed by atoms with Gasteiger partial charge in [-0.15, -0.1) is 0 Å². The Kier molecular flexibility index (Phi) is 2.63. The fourth-order valence-electron chi connectivity index (χ4n) is 0.711. The molecule has 0 radical (unpaired) electrons. The van der Waals surface area contributed by atoms with Gasteiger partial charge in [-0.2, -0.15) is 0 Å². The summed E-state index contributed by atoms with van der Waals surface area (Å²) in [5, 5.41) is 9.17. The molecule has 0 aliphatic heterocycles. The highest BCUT2D eigenvalue weighted by molar-refractivity contribution is 5.65. The molecule has 1 heterocycles.